The number of amides is 1. The lowest BCUT2D eigenvalue weighted by molar-refractivity contribution is -0.138. The molecule has 0 fully saturated rings. The van der Waals surface area contributed by atoms with Gasteiger partial charge in [-0.05, 0) is 19.4 Å². The lowest BCUT2D eigenvalue weighted by Crippen LogP contribution is -2.32. The largest absolute Gasteiger partial charge is 0.481 e. The summed E-state index contributed by atoms with van der Waals surface area (Å²) in [5.41, 5.74) is 1.03. The molecule has 0 radical (unpaired) electrons. The maximum atomic E-state index is 12.1. The number of thiazole rings is 1. The van der Waals surface area contributed by atoms with Gasteiger partial charge in [0.05, 0.1) is 10.9 Å². The average Bonchev–Trinajstić information content (AvgIpc) is 2.78. The number of carbonyl (C=O) groups excluding carboxylic acids is 1. The lowest BCUT2D eigenvalue weighted by atomic mass is 9.99. The molecule has 1 amide bonds. The van der Waals surface area contributed by atoms with Gasteiger partial charge in [0.25, 0.3) is 5.91 Å². The van der Waals surface area contributed by atoms with Crippen LogP contribution in [0.3, 0.4) is 0 Å². The van der Waals surface area contributed by atoms with E-state index < -0.39 is 11.9 Å². The maximum absolute atomic E-state index is 12.1. The summed E-state index contributed by atoms with van der Waals surface area (Å²) < 4.78 is 0. The smallest absolute Gasteiger partial charge is 0.312 e. The van der Waals surface area contributed by atoms with Crippen LogP contribution in [0.5, 0.6) is 0 Å². The molecular formula is C15H16N2O3S. The molecule has 2 N–H and O–H groups in total. The fourth-order valence-electron chi connectivity index (χ4n) is 2.05. The third-order valence-corrected chi connectivity index (χ3v) is 3.97. The number of hydrogen-bond acceptors (Lipinski definition) is 4. The van der Waals surface area contributed by atoms with Crippen LogP contribution >= 0.6 is 11.3 Å². The molecule has 1 aromatic heterocycles. The van der Waals surface area contributed by atoms with Crippen molar-refractivity contribution in [3.05, 3.63) is 51.5 Å². The van der Waals surface area contributed by atoms with Crippen molar-refractivity contribution in [3.8, 4) is 0 Å². The molecule has 0 saturated heterocycles. The summed E-state index contributed by atoms with van der Waals surface area (Å²) in [6.07, 6.45) is 0. The molecule has 21 heavy (non-hydrogen) atoms. The Balaban J connectivity index is 2.08. The fourth-order valence-corrected chi connectivity index (χ4v) is 2.87. The molecule has 110 valence electrons. The predicted octanol–water partition coefficient (Wildman–Crippen LogP) is 2.36. The zero-order chi connectivity index (χ0) is 15.4. The summed E-state index contributed by atoms with van der Waals surface area (Å²) >= 11 is 1.45. The van der Waals surface area contributed by atoms with Crippen molar-refractivity contribution >= 4 is 23.2 Å². The highest BCUT2D eigenvalue weighted by molar-refractivity contribution is 7.11. The van der Waals surface area contributed by atoms with Gasteiger partial charge in [-0.1, -0.05) is 30.3 Å². The van der Waals surface area contributed by atoms with Gasteiger partial charge < -0.3 is 10.4 Å². The first-order valence-corrected chi connectivity index (χ1v) is 7.30. The molecule has 2 rings (SSSR count). The minimum absolute atomic E-state index is 0.0359. The number of carboxylic acids is 1. The third kappa shape index (κ3) is 3.66. The Morgan fingerprint density at radius 3 is 2.48 bits per heavy atom. The summed E-state index contributed by atoms with van der Waals surface area (Å²) in [7, 11) is 0. The second-order valence-electron chi connectivity index (χ2n) is 4.65. The zero-order valence-electron chi connectivity index (χ0n) is 11.8. The van der Waals surface area contributed by atoms with E-state index in [1.807, 2.05) is 19.9 Å². The van der Waals surface area contributed by atoms with Crippen LogP contribution in [0.25, 0.3) is 0 Å². The van der Waals surface area contributed by atoms with Crippen molar-refractivity contribution in [1.29, 1.82) is 0 Å². The standard InChI is InChI=1S/C15H16N2O3S/c1-9-13(17-10(2)21-9)14(18)16-8-12(15(19)20)11-6-4-3-5-7-11/h3-7,12H,8H2,1-2H3,(H,16,18)(H,19,20). The number of nitrogens with zero attached hydrogens (tertiary/aromatic N) is 1. The van der Waals surface area contributed by atoms with Crippen LogP contribution in [0.2, 0.25) is 0 Å². The van der Waals surface area contributed by atoms with Gasteiger partial charge in [0.15, 0.2) is 0 Å². The van der Waals surface area contributed by atoms with Crippen molar-refractivity contribution in [1.82, 2.24) is 10.3 Å². The van der Waals surface area contributed by atoms with E-state index in [0.717, 1.165) is 9.88 Å². The van der Waals surface area contributed by atoms with Gasteiger partial charge in [-0.15, -0.1) is 11.3 Å². The van der Waals surface area contributed by atoms with Crippen LogP contribution in [0.1, 0.15) is 31.9 Å². The van der Waals surface area contributed by atoms with Gasteiger partial charge in [0, 0.05) is 11.4 Å². The van der Waals surface area contributed by atoms with Crippen molar-refractivity contribution in [3.63, 3.8) is 0 Å². The molecule has 1 aromatic carbocycles. The first-order valence-electron chi connectivity index (χ1n) is 6.49. The molecule has 0 aliphatic carbocycles. The normalized spacial score (nSPS) is 11.9. The van der Waals surface area contributed by atoms with Crippen LogP contribution in [-0.4, -0.2) is 28.5 Å². The Labute approximate surface area is 126 Å². The Bertz CT molecular complexity index is 652. The van der Waals surface area contributed by atoms with Gasteiger partial charge in [-0.25, -0.2) is 4.98 Å². The summed E-state index contributed by atoms with van der Waals surface area (Å²) in [5, 5.41) is 12.8. The fraction of sp³-hybridized carbons (Fsp3) is 0.267. The monoisotopic (exact) mass is 304 g/mol. The number of aliphatic carboxylic acids is 1. The molecule has 5 nitrogen and oxygen atoms in total. The summed E-state index contributed by atoms with van der Waals surface area (Å²) in [5.74, 6) is -2.07. The van der Waals surface area contributed by atoms with Crippen molar-refractivity contribution in [2.75, 3.05) is 6.54 Å². The number of aromatic nitrogens is 1. The zero-order valence-corrected chi connectivity index (χ0v) is 12.6. The third-order valence-electron chi connectivity index (χ3n) is 3.09. The molecule has 0 bridgehead atoms. The summed E-state index contributed by atoms with van der Waals surface area (Å²) in [6.45, 7) is 3.69. The molecule has 0 aliphatic heterocycles. The first-order chi connectivity index (χ1) is 9.99. The Morgan fingerprint density at radius 2 is 1.95 bits per heavy atom. The Hall–Kier alpha value is -2.21. The Morgan fingerprint density at radius 1 is 1.29 bits per heavy atom. The van der Waals surface area contributed by atoms with E-state index in [-0.39, 0.29) is 12.5 Å². The van der Waals surface area contributed by atoms with Crippen LogP contribution in [0, 0.1) is 13.8 Å². The number of aryl methyl sites for hydroxylation is 2. The predicted molar refractivity (Wildman–Crippen MR) is 80.7 cm³/mol. The van der Waals surface area contributed by atoms with Gasteiger partial charge >= 0.3 is 5.97 Å². The molecule has 0 spiro atoms. The molecule has 1 heterocycles. The SMILES string of the molecule is Cc1nc(C(=O)NCC(C(=O)O)c2ccccc2)c(C)s1. The lowest BCUT2D eigenvalue weighted by Gasteiger charge is -2.13. The molecule has 6 heteroatoms. The number of rotatable bonds is 5. The second kappa shape index (κ2) is 6.49. The first kappa shape index (κ1) is 15.2. The average molecular weight is 304 g/mol. The molecule has 1 atom stereocenters. The molecule has 0 saturated carbocycles. The summed E-state index contributed by atoms with van der Waals surface area (Å²) in [4.78, 5) is 28.4. The maximum Gasteiger partial charge on any atom is 0.312 e. The molecular weight excluding hydrogens is 288 g/mol. The highest BCUT2D eigenvalue weighted by Gasteiger charge is 2.22. The molecule has 1 unspecified atom stereocenters. The van der Waals surface area contributed by atoms with Crippen LogP contribution < -0.4 is 5.32 Å². The summed E-state index contributed by atoms with van der Waals surface area (Å²) in [6, 6.07) is 8.86. The number of benzene rings is 1. The highest BCUT2D eigenvalue weighted by Crippen LogP contribution is 2.18. The second-order valence-corrected chi connectivity index (χ2v) is 6.06. The van der Waals surface area contributed by atoms with Crippen LogP contribution in [-0.2, 0) is 4.79 Å². The van der Waals surface area contributed by atoms with Gasteiger partial charge in [-0.2, -0.15) is 0 Å². The van der Waals surface area contributed by atoms with Crippen LogP contribution in [0.15, 0.2) is 30.3 Å². The highest BCUT2D eigenvalue weighted by atomic mass is 32.1. The Kier molecular flexibility index (Phi) is 4.70. The van der Waals surface area contributed by atoms with Gasteiger partial charge in [0.1, 0.15) is 5.69 Å². The van der Waals surface area contributed by atoms with Crippen LogP contribution in [0.4, 0.5) is 0 Å². The number of carboxylic acid groups (broad SMARTS) is 1. The van der Waals surface area contributed by atoms with E-state index in [1.165, 1.54) is 11.3 Å². The van der Waals surface area contributed by atoms with Gasteiger partial charge in [-0.3, -0.25) is 9.59 Å². The van der Waals surface area contributed by atoms with E-state index in [9.17, 15) is 14.7 Å². The minimum Gasteiger partial charge on any atom is -0.481 e. The van der Waals surface area contributed by atoms with Gasteiger partial charge in [0.2, 0.25) is 0 Å². The van der Waals surface area contributed by atoms with Crippen molar-refractivity contribution in [2.24, 2.45) is 0 Å². The number of hydrogen-bond donors (Lipinski definition) is 2. The topological polar surface area (TPSA) is 79.3 Å². The molecule has 0 aliphatic rings. The number of nitrogens with one attached hydrogen (secondary N) is 1. The molecule has 2 aromatic rings. The minimum atomic E-state index is -0.965. The van der Waals surface area contributed by atoms with E-state index in [0.29, 0.717) is 11.3 Å². The number of carbonyl (C=O) groups is 2. The van der Waals surface area contributed by atoms with E-state index >= 15 is 0 Å². The van der Waals surface area contributed by atoms with Crippen molar-refractivity contribution in [2.45, 2.75) is 19.8 Å². The van der Waals surface area contributed by atoms with Crippen molar-refractivity contribution < 1.29 is 14.7 Å². The quantitative estimate of drug-likeness (QED) is 0.888. The van der Waals surface area contributed by atoms with E-state index in [2.05, 4.69) is 10.3 Å². The van der Waals surface area contributed by atoms with E-state index in [1.54, 1.807) is 24.3 Å². The van der Waals surface area contributed by atoms with E-state index in [4.69, 9.17) is 0 Å².